The lowest BCUT2D eigenvalue weighted by atomic mass is 10.2. The number of amides is 1. The van der Waals surface area contributed by atoms with Crippen molar-refractivity contribution in [1.82, 2.24) is 4.72 Å². The Balaban J connectivity index is 1.81. The molecule has 1 heterocycles. The largest absolute Gasteiger partial charge is 0.490 e. The zero-order valence-electron chi connectivity index (χ0n) is 15.9. The lowest BCUT2D eigenvalue weighted by Gasteiger charge is -2.12. The molecular formula is C20H22N2O5S. The molecule has 8 heteroatoms. The highest BCUT2D eigenvalue weighted by molar-refractivity contribution is 7.89. The van der Waals surface area contributed by atoms with Gasteiger partial charge in [-0.15, -0.1) is 0 Å². The second-order valence-corrected chi connectivity index (χ2v) is 8.02. The summed E-state index contributed by atoms with van der Waals surface area (Å²) in [5.41, 5.74) is 1.12. The number of benzene rings is 2. The molecule has 0 spiro atoms. The third kappa shape index (κ3) is 4.35. The smallest absolute Gasteiger partial charge is 0.241 e. The number of para-hydroxylation sites is 1. The van der Waals surface area contributed by atoms with E-state index in [4.69, 9.17) is 9.15 Å². The fourth-order valence-corrected chi connectivity index (χ4v) is 4.03. The second kappa shape index (κ2) is 8.04. The van der Waals surface area contributed by atoms with Crippen molar-refractivity contribution in [1.29, 1.82) is 0 Å². The minimum atomic E-state index is -3.76. The monoisotopic (exact) mass is 402 g/mol. The zero-order chi connectivity index (χ0) is 20.3. The van der Waals surface area contributed by atoms with Crippen LogP contribution in [0.5, 0.6) is 5.75 Å². The molecule has 0 fully saturated rings. The minimum Gasteiger partial charge on any atom is -0.490 e. The molecule has 1 atom stereocenters. The van der Waals surface area contributed by atoms with Crippen molar-refractivity contribution in [3.05, 3.63) is 54.3 Å². The van der Waals surface area contributed by atoms with E-state index < -0.39 is 16.1 Å². The van der Waals surface area contributed by atoms with Crippen molar-refractivity contribution < 1.29 is 22.4 Å². The van der Waals surface area contributed by atoms with E-state index in [0.717, 1.165) is 5.39 Å². The first kappa shape index (κ1) is 19.9. The highest BCUT2D eigenvalue weighted by Gasteiger charge is 2.21. The summed E-state index contributed by atoms with van der Waals surface area (Å²) in [5, 5.41) is 3.44. The van der Waals surface area contributed by atoms with Gasteiger partial charge in [-0.1, -0.05) is 12.1 Å². The van der Waals surface area contributed by atoms with E-state index in [1.807, 2.05) is 25.1 Å². The van der Waals surface area contributed by atoms with Crippen LogP contribution in [0.4, 0.5) is 5.69 Å². The molecule has 3 aromatic rings. The lowest BCUT2D eigenvalue weighted by Crippen LogP contribution is -2.26. The molecular weight excluding hydrogens is 380 g/mol. The first-order valence-electron chi connectivity index (χ1n) is 8.85. The van der Waals surface area contributed by atoms with Crippen molar-refractivity contribution >= 4 is 32.6 Å². The van der Waals surface area contributed by atoms with Gasteiger partial charge in [0.05, 0.1) is 17.5 Å². The fourth-order valence-electron chi connectivity index (χ4n) is 2.82. The van der Waals surface area contributed by atoms with Crippen LogP contribution in [0.15, 0.2) is 57.8 Å². The normalized spacial score (nSPS) is 12.7. The maximum atomic E-state index is 12.7. The molecule has 7 nitrogen and oxygen atoms in total. The van der Waals surface area contributed by atoms with E-state index in [1.54, 1.807) is 13.0 Å². The van der Waals surface area contributed by atoms with E-state index in [9.17, 15) is 13.2 Å². The van der Waals surface area contributed by atoms with Crippen LogP contribution in [0.25, 0.3) is 11.0 Å². The van der Waals surface area contributed by atoms with Crippen LogP contribution >= 0.6 is 0 Å². The molecule has 1 amide bonds. The summed E-state index contributed by atoms with van der Waals surface area (Å²) in [6, 6.07) is 12.7. The zero-order valence-corrected chi connectivity index (χ0v) is 16.7. The predicted molar refractivity (Wildman–Crippen MR) is 107 cm³/mol. The standard InChI is InChI=1S/C20H22N2O5S/c1-4-26-18-7-5-6-15-12-19(27-20(15)18)13(2)22-28(24,25)17-10-8-16(9-11-17)21-14(3)23/h5-13,22H,4H2,1-3H3,(H,21,23)/t13-/m1/s1. The van der Waals surface area contributed by atoms with Gasteiger partial charge in [-0.25, -0.2) is 13.1 Å². The molecule has 28 heavy (non-hydrogen) atoms. The molecule has 0 aliphatic rings. The highest BCUT2D eigenvalue weighted by Crippen LogP contribution is 2.31. The molecule has 0 radical (unpaired) electrons. The molecule has 3 rings (SSSR count). The van der Waals surface area contributed by atoms with Crippen molar-refractivity contribution in [3.63, 3.8) is 0 Å². The SMILES string of the molecule is CCOc1cccc2cc([C@@H](C)NS(=O)(=O)c3ccc(NC(C)=O)cc3)oc12. The van der Waals surface area contributed by atoms with Crippen LogP contribution in [-0.2, 0) is 14.8 Å². The third-order valence-electron chi connectivity index (χ3n) is 4.07. The van der Waals surface area contributed by atoms with Crippen LogP contribution < -0.4 is 14.8 Å². The fraction of sp³-hybridized carbons (Fsp3) is 0.250. The van der Waals surface area contributed by atoms with Gasteiger partial charge in [0.15, 0.2) is 11.3 Å². The Bertz CT molecular complexity index is 1090. The number of furan rings is 1. The number of nitrogens with one attached hydrogen (secondary N) is 2. The Morgan fingerprint density at radius 2 is 1.89 bits per heavy atom. The number of sulfonamides is 1. The van der Waals surface area contributed by atoms with Gasteiger partial charge in [0.1, 0.15) is 5.76 Å². The van der Waals surface area contributed by atoms with Gasteiger partial charge in [0.2, 0.25) is 15.9 Å². The van der Waals surface area contributed by atoms with Gasteiger partial charge >= 0.3 is 0 Å². The summed E-state index contributed by atoms with van der Waals surface area (Å²) in [6.45, 7) is 5.49. The summed E-state index contributed by atoms with van der Waals surface area (Å²) in [6.07, 6.45) is 0. The lowest BCUT2D eigenvalue weighted by molar-refractivity contribution is -0.114. The number of carbonyl (C=O) groups excluding carboxylic acids is 1. The minimum absolute atomic E-state index is 0.0968. The molecule has 2 N–H and O–H groups in total. The Labute approximate surface area is 163 Å². The quantitative estimate of drug-likeness (QED) is 0.626. The average molecular weight is 402 g/mol. The topological polar surface area (TPSA) is 97.6 Å². The van der Waals surface area contributed by atoms with Gasteiger partial charge < -0.3 is 14.5 Å². The average Bonchev–Trinajstić information content (AvgIpc) is 3.07. The summed E-state index contributed by atoms with van der Waals surface area (Å²) in [7, 11) is -3.76. The van der Waals surface area contributed by atoms with Gasteiger partial charge in [-0.05, 0) is 50.2 Å². The molecule has 0 unspecified atom stereocenters. The molecule has 0 aliphatic carbocycles. The van der Waals surface area contributed by atoms with Crippen LogP contribution in [0, 0.1) is 0 Å². The van der Waals surface area contributed by atoms with Crippen molar-refractivity contribution in [2.75, 3.05) is 11.9 Å². The Hall–Kier alpha value is -2.84. The first-order chi connectivity index (χ1) is 13.3. The van der Waals surface area contributed by atoms with E-state index in [0.29, 0.717) is 29.4 Å². The number of ether oxygens (including phenoxy) is 1. The molecule has 2 aromatic carbocycles. The van der Waals surface area contributed by atoms with Crippen molar-refractivity contribution in [2.45, 2.75) is 31.7 Å². The Morgan fingerprint density at radius 1 is 1.18 bits per heavy atom. The van der Waals surface area contributed by atoms with E-state index >= 15 is 0 Å². The van der Waals surface area contributed by atoms with Crippen LogP contribution in [0.1, 0.15) is 32.6 Å². The maximum Gasteiger partial charge on any atom is 0.241 e. The van der Waals surface area contributed by atoms with Gasteiger partial charge in [0.25, 0.3) is 0 Å². The van der Waals surface area contributed by atoms with Crippen LogP contribution in [0.2, 0.25) is 0 Å². The van der Waals surface area contributed by atoms with E-state index in [-0.39, 0.29) is 10.8 Å². The molecule has 0 saturated heterocycles. The van der Waals surface area contributed by atoms with Gasteiger partial charge in [-0.2, -0.15) is 0 Å². The summed E-state index contributed by atoms with van der Waals surface area (Å²) in [4.78, 5) is 11.2. The third-order valence-corrected chi connectivity index (χ3v) is 5.63. The number of anilines is 1. The van der Waals surface area contributed by atoms with Crippen molar-refractivity contribution in [2.24, 2.45) is 0 Å². The first-order valence-corrected chi connectivity index (χ1v) is 10.3. The number of hydrogen-bond acceptors (Lipinski definition) is 5. The van der Waals surface area contributed by atoms with Gasteiger partial charge in [-0.3, -0.25) is 4.79 Å². The molecule has 148 valence electrons. The van der Waals surface area contributed by atoms with Crippen molar-refractivity contribution in [3.8, 4) is 5.75 Å². The second-order valence-electron chi connectivity index (χ2n) is 6.30. The summed E-state index contributed by atoms with van der Waals surface area (Å²) < 4.78 is 39.4. The number of fused-ring (bicyclic) bond motifs is 1. The molecule has 0 aliphatic heterocycles. The van der Waals surface area contributed by atoms with E-state index in [1.165, 1.54) is 31.2 Å². The predicted octanol–water partition coefficient (Wildman–Crippen LogP) is 3.83. The summed E-state index contributed by atoms with van der Waals surface area (Å²) >= 11 is 0. The molecule has 0 saturated carbocycles. The van der Waals surface area contributed by atoms with Gasteiger partial charge in [0, 0.05) is 18.0 Å². The Kier molecular flexibility index (Phi) is 5.71. The summed E-state index contributed by atoms with van der Waals surface area (Å²) in [5.74, 6) is 0.883. The highest BCUT2D eigenvalue weighted by atomic mass is 32.2. The molecule has 0 bridgehead atoms. The maximum absolute atomic E-state index is 12.7. The van der Waals surface area contributed by atoms with Crippen LogP contribution in [-0.4, -0.2) is 20.9 Å². The molecule has 1 aromatic heterocycles. The Morgan fingerprint density at radius 3 is 2.54 bits per heavy atom. The number of rotatable bonds is 7. The van der Waals surface area contributed by atoms with Crippen LogP contribution in [0.3, 0.4) is 0 Å². The number of hydrogen-bond donors (Lipinski definition) is 2. The van der Waals surface area contributed by atoms with E-state index in [2.05, 4.69) is 10.0 Å². The number of carbonyl (C=O) groups is 1.